The van der Waals surface area contributed by atoms with Gasteiger partial charge in [-0.15, -0.1) is 0 Å². The van der Waals surface area contributed by atoms with Gasteiger partial charge in [-0.3, -0.25) is 14.7 Å². The molecule has 7 heteroatoms. The third-order valence-corrected chi connectivity index (χ3v) is 4.51. The summed E-state index contributed by atoms with van der Waals surface area (Å²) in [5.74, 6) is -0.101. The van der Waals surface area contributed by atoms with Crippen LogP contribution < -0.4 is 0 Å². The SMILES string of the molecule is CN=C1SC(=Cc2cc(Cl)cc(Br)c2O)C(=O)N1C. The number of aliphatic imine (C=N–C) groups is 1. The predicted octanol–water partition coefficient (Wildman–Crippen LogP) is 3.34. The Hall–Kier alpha value is -0.980. The van der Waals surface area contributed by atoms with Crippen LogP contribution in [-0.2, 0) is 4.79 Å². The molecule has 0 spiro atoms. The Balaban J connectivity index is 2.46. The summed E-state index contributed by atoms with van der Waals surface area (Å²) < 4.78 is 0.486. The molecule has 0 radical (unpaired) electrons. The average molecular weight is 362 g/mol. The molecule has 1 fully saturated rings. The molecule has 4 nitrogen and oxygen atoms in total. The minimum atomic E-state index is -0.152. The fraction of sp³-hybridized carbons (Fsp3) is 0.167. The topological polar surface area (TPSA) is 52.9 Å². The number of hydrogen-bond acceptors (Lipinski definition) is 4. The lowest BCUT2D eigenvalue weighted by molar-refractivity contribution is -0.121. The molecule has 1 heterocycles. The first-order valence-electron chi connectivity index (χ1n) is 5.26. The molecule has 0 atom stereocenters. The fourth-order valence-corrected chi connectivity index (χ4v) is 3.34. The Morgan fingerprint density at radius 2 is 2.21 bits per heavy atom. The summed E-state index contributed by atoms with van der Waals surface area (Å²) >= 11 is 10.4. The number of amidine groups is 1. The Bertz CT molecular complexity index is 616. The third kappa shape index (κ3) is 2.80. The van der Waals surface area contributed by atoms with Crippen molar-refractivity contribution < 1.29 is 9.90 Å². The number of benzene rings is 1. The van der Waals surface area contributed by atoms with Gasteiger partial charge in [-0.1, -0.05) is 11.6 Å². The quantitative estimate of drug-likeness (QED) is 0.781. The minimum Gasteiger partial charge on any atom is -0.506 e. The van der Waals surface area contributed by atoms with E-state index in [0.717, 1.165) is 0 Å². The number of amides is 1. The molecule has 100 valence electrons. The van der Waals surface area contributed by atoms with Gasteiger partial charge in [-0.25, -0.2) is 0 Å². The number of rotatable bonds is 1. The molecule has 0 aliphatic carbocycles. The molecule has 2 rings (SSSR count). The first kappa shape index (κ1) is 14.4. The van der Waals surface area contributed by atoms with Crippen molar-refractivity contribution in [2.24, 2.45) is 4.99 Å². The first-order chi connectivity index (χ1) is 8.93. The van der Waals surface area contributed by atoms with E-state index in [2.05, 4.69) is 20.9 Å². The van der Waals surface area contributed by atoms with E-state index in [0.29, 0.717) is 25.1 Å². The van der Waals surface area contributed by atoms with Crippen LogP contribution in [0.25, 0.3) is 6.08 Å². The van der Waals surface area contributed by atoms with Crippen LogP contribution in [0.3, 0.4) is 0 Å². The van der Waals surface area contributed by atoms with Gasteiger partial charge < -0.3 is 5.11 Å². The maximum Gasteiger partial charge on any atom is 0.266 e. The fourth-order valence-electron chi connectivity index (χ4n) is 1.59. The van der Waals surface area contributed by atoms with E-state index in [1.165, 1.54) is 16.7 Å². The highest BCUT2D eigenvalue weighted by molar-refractivity contribution is 9.10. The van der Waals surface area contributed by atoms with Crippen LogP contribution in [0, 0.1) is 0 Å². The molecule has 0 saturated carbocycles. The summed E-state index contributed by atoms with van der Waals surface area (Å²) in [6.07, 6.45) is 1.60. The molecule has 1 aromatic rings. The van der Waals surface area contributed by atoms with E-state index in [1.807, 2.05) is 0 Å². The van der Waals surface area contributed by atoms with Gasteiger partial charge in [0.05, 0.1) is 9.38 Å². The lowest BCUT2D eigenvalue weighted by Gasteiger charge is -2.05. The van der Waals surface area contributed by atoms with Crippen LogP contribution in [-0.4, -0.2) is 35.2 Å². The molecule has 1 saturated heterocycles. The summed E-state index contributed by atoms with van der Waals surface area (Å²) in [6.45, 7) is 0. The van der Waals surface area contributed by atoms with Crippen LogP contribution in [0.5, 0.6) is 5.75 Å². The van der Waals surface area contributed by atoms with E-state index >= 15 is 0 Å². The van der Waals surface area contributed by atoms with Crippen molar-refractivity contribution in [3.05, 3.63) is 32.1 Å². The zero-order valence-electron chi connectivity index (χ0n) is 10.1. The Morgan fingerprint density at radius 1 is 1.53 bits per heavy atom. The van der Waals surface area contributed by atoms with E-state index < -0.39 is 0 Å². The molecule has 0 unspecified atom stereocenters. The van der Waals surface area contributed by atoms with Crippen molar-refractivity contribution >= 4 is 56.4 Å². The van der Waals surface area contributed by atoms with Gasteiger partial charge in [-0.05, 0) is 45.9 Å². The molecule has 19 heavy (non-hydrogen) atoms. The molecule has 0 bridgehead atoms. The number of hydrogen-bond donors (Lipinski definition) is 1. The molecule has 0 aromatic heterocycles. The maximum atomic E-state index is 12.0. The predicted molar refractivity (Wildman–Crippen MR) is 82.5 cm³/mol. The summed E-state index contributed by atoms with van der Waals surface area (Å²) in [5.41, 5.74) is 0.487. The van der Waals surface area contributed by atoms with Crippen molar-refractivity contribution in [3.8, 4) is 5.75 Å². The second-order valence-corrected chi connectivity index (χ2v) is 6.11. The van der Waals surface area contributed by atoms with Crippen molar-refractivity contribution in [2.45, 2.75) is 0 Å². The van der Waals surface area contributed by atoms with Crippen LogP contribution >= 0.6 is 39.3 Å². The van der Waals surface area contributed by atoms with Gasteiger partial charge in [0.15, 0.2) is 5.17 Å². The number of nitrogens with zero attached hydrogens (tertiary/aromatic N) is 2. The number of carbonyl (C=O) groups is 1. The maximum absolute atomic E-state index is 12.0. The van der Waals surface area contributed by atoms with Gasteiger partial charge in [0.1, 0.15) is 5.75 Å². The minimum absolute atomic E-state index is 0.0508. The summed E-state index contributed by atoms with van der Waals surface area (Å²) in [4.78, 5) is 18.0. The van der Waals surface area contributed by atoms with Crippen LogP contribution in [0.1, 0.15) is 5.56 Å². The highest BCUT2D eigenvalue weighted by Crippen LogP contribution is 2.36. The second kappa shape index (κ2) is 5.56. The molecule has 1 N–H and O–H groups in total. The summed E-state index contributed by atoms with van der Waals surface area (Å²) in [7, 11) is 3.29. The van der Waals surface area contributed by atoms with Crippen molar-refractivity contribution in [1.82, 2.24) is 4.90 Å². The highest BCUT2D eigenvalue weighted by Gasteiger charge is 2.30. The van der Waals surface area contributed by atoms with Crippen molar-refractivity contribution in [2.75, 3.05) is 14.1 Å². The number of thioether (sulfide) groups is 1. The number of phenols is 1. The number of phenolic OH excluding ortho intramolecular Hbond substituents is 1. The number of halogens is 2. The number of likely N-dealkylation sites (N-methyl/N-ethyl adjacent to an activating group) is 1. The zero-order chi connectivity index (χ0) is 14.2. The van der Waals surface area contributed by atoms with Crippen LogP contribution in [0.4, 0.5) is 0 Å². The van der Waals surface area contributed by atoms with Gasteiger partial charge in [0, 0.05) is 24.7 Å². The van der Waals surface area contributed by atoms with Gasteiger partial charge in [-0.2, -0.15) is 0 Å². The summed E-state index contributed by atoms with van der Waals surface area (Å²) in [5, 5.41) is 11.0. The second-order valence-electron chi connectivity index (χ2n) is 3.81. The first-order valence-corrected chi connectivity index (χ1v) is 7.25. The largest absolute Gasteiger partial charge is 0.506 e. The monoisotopic (exact) mass is 360 g/mol. The average Bonchev–Trinajstić information content (AvgIpc) is 2.63. The normalized spacial score (nSPS) is 19.8. The van der Waals surface area contributed by atoms with E-state index in [4.69, 9.17) is 11.6 Å². The van der Waals surface area contributed by atoms with Crippen molar-refractivity contribution in [3.63, 3.8) is 0 Å². The van der Waals surface area contributed by atoms with E-state index in [9.17, 15) is 9.90 Å². The lowest BCUT2D eigenvalue weighted by Crippen LogP contribution is -2.23. The van der Waals surface area contributed by atoms with E-state index in [-0.39, 0.29) is 11.7 Å². The van der Waals surface area contributed by atoms with E-state index in [1.54, 1.807) is 32.3 Å². The smallest absolute Gasteiger partial charge is 0.266 e. The zero-order valence-corrected chi connectivity index (χ0v) is 13.3. The molecule has 1 aromatic carbocycles. The standard InChI is InChI=1S/C12H10BrClN2O2S/c1-15-12-16(2)11(18)9(19-12)4-6-3-7(14)5-8(13)10(6)17/h3-5,17H,1-2H3. The number of carbonyl (C=O) groups excluding carboxylic acids is 1. The summed E-state index contributed by atoms with van der Waals surface area (Å²) in [6, 6.07) is 3.19. The Labute approximate surface area is 128 Å². The molecular weight excluding hydrogens is 352 g/mol. The van der Waals surface area contributed by atoms with Crippen molar-refractivity contribution in [1.29, 1.82) is 0 Å². The van der Waals surface area contributed by atoms with Gasteiger partial charge in [0.25, 0.3) is 5.91 Å². The van der Waals surface area contributed by atoms with Crippen LogP contribution in [0.2, 0.25) is 5.02 Å². The Kier molecular flexibility index (Phi) is 4.23. The molecule has 1 aliphatic rings. The van der Waals surface area contributed by atoms with Gasteiger partial charge >= 0.3 is 0 Å². The Morgan fingerprint density at radius 3 is 2.79 bits per heavy atom. The molecule has 1 aliphatic heterocycles. The lowest BCUT2D eigenvalue weighted by atomic mass is 10.2. The molecular formula is C12H10BrClN2O2S. The third-order valence-electron chi connectivity index (χ3n) is 2.54. The van der Waals surface area contributed by atoms with Gasteiger partial charge in [0.2, 0.25) is 0 Å². The highest BCUT2D eigenvalue weighted by atomic mass is 79.9. The van der Waals surface area contributed by atoms with Crippen LogP contribution in [0.15, 0.2) is 26.5 Å². The number of aromatic hydroxyl groups is 1. The molecule has 1 amide bonds.